The number of carbonyl (C=O) groups is 1. The number of nitrogens with zero attached hydrogens (tertiary/aromatic N) is 2. The minimum absolute atomic E-state index is 0.138. The number of hydrogen-bond acceptors (Lipinski definition) is 6. The summed E-state index contributed by atoms with van der Waals surface area (Å²) in [6.45, 7) is 1.82. The Labute approximate surface area is 136 Å². The molecule has 0 saturated carbocycles. The Morgan fingerprint density at radius 1 is 1.35 bits per heavy atom. The van der Waals surface area contributed by atoms with Crippen molar-refractivity contribution in [3.05, 3.63) is 58.6 Å². The van der Waals surface area contributed by atoms with Gasteiger partial charge in [0.1, 0.15) is 5.60 Å². The molecule has 1 atom stereocenters. The van der Waals surface area contributed by atoms with Gasteiger partial charge in [0.05, 0.1) is 6.54 Å². The number of aliphatic hydroxyl groups is 1. The Bertz CT molecular complexity index is 766. The van der Waals surface area contributed by atoms with Gasteiger partial charge in [-0.15, -0.1) is 11.3 Å². The minimum Gasteiger partial charge on any atom is -0.383 e. The Morgan fingerprint density at radius 2 is 2.13 bits per heavy atom. The summed E-state index contributed by atoms with van der Waals surface area (Å²) in [5, 5.41) is 18.8. The summed E-state index contributed by atoms with van der Waals surface area (Å²) < 4.78 is 4.69. The Morgan fingerprint density at radius 3 is 2.74 bits per heavy atom. The topological polar surface area (TPSA) is 88.2 Å². The van der Waals surface area contributed by atoms with Crippen molar-refractivity contribution >= 4 is 17.2 Å². The molecule has 7 heteroatoms. The van der Waals surface area contributed by atoms with Gasteiger partial charge in [0.25, 0.3) is 5.91 Å². The SMILES string of the molecule is CC(O)(CNC(=O)c1ccc(-c2ncon2)cc1)c1cccs1. The number of carbonyl (C=O) groups excluding carboxylic acids is 1. The lowest BCUT2D eigenvalue weighted by atomic mass is 10.0. The van der Waals surface area contributed by atoms with Crippen LogP contribution in [0.25, 0.3) is 11.4 Å². The van der Waals surface area contributed by atoms with Crippen molar-refractivity contribution < 1.29 is 14.4 Å². The van der Waals surface area contributed by atoms with E-state index >= 15 is 0 Å². The van der Waals surface area contributed by atoms with Crippen molar-refractivity contribution in [2.75, 3.05) is 6.54 Å². The lowest BCUT2D eigenvalue weighted by Crippen LogP contribution is -2.38. The van der Waals surface area contributed by atoms with Crippen LogP contribution in [0.5, 0.6) is 0 Å². The number of hydrogen-bond donors (Lipinski definition) is 2. The Balaban J connectivity index is 1.64. The van der Waals surface area contributed by atoms with Gasteiger partial charge in [-0.3, -0.25) is 4.79 Å². The van der Waals surface area contributed by atoms with Gasteiger partial charge in [-0.25, -0.2) is 0 Å². The van der Waals surface area contributed by atoms with Crippen LogP contribution < -0.4 is 5.32 Å². The van der Waals surface area contributed by atoms with Crippen LogP contribution in [0.3, 0.4) is 0 Å². The molecule has 0 saturated heterocycles. The van der Waals surface area contributed by atoms with Crippen LogP contribution in [0.15, 0.2) is 52.7 Å². The molecule has 0 spiro atoms. The highest BCUT2D eigenvalue weighted by Crippen LogP contribution is 2.24. The fourth-order valence-electron chi connectivity index (χ4n) is 2.10. The van der Waals surface area contributed by atoms with E-state index in [0.717, 1.165) is 10.4 Å². The van der Waals surface area contributed by atoms with Crippen molar-refractivity contribution in [2.24, 2.45) is 0 Å². The summed E-state index contributed by atoms with van der Waals surface area (Å²) in [5.74, 6) is 0.221. The van der Waals surface area contributed by atoms with Crippen molar-refractivity contribution in [1.29, 1.82) is 0 Å². The van der Waals surface area contributed by atoms with Gasteiger partial charge in [-0.05, 0) is 30.5 Å². The van der Waals surface area contributed by atoms with Crippen LogP contribution >= 0.6 is 11.3 Å². The van der Waals surface area contributed by atoms with Crippen LogP contribution in [0.1, 0.15) is 22.2 Å². The molecule has 118 valence electrons. The average Bonchev–Trinajstić information content (AvgIpc) is 3.26. The molecule has 3 rings (SSSR count). The van der Waals surface area contributed by atoms with Gasteiger partial charge in [0.15, 0.2) is 0 Å². The molecule has 0 aliphatic carbocycles. The largest absolute Gasteiger partial charge is 0.383 e. The van der Waals surface area contributed by atoms with Crippen molar-refractivity contribution in [3.8, 4) is 11.4 Å². The molecule has 2 N–H and O–H groups in total. The third-order valence-corrected chi connectivity index (χ3v) is 4.53. The number of rotatable bonds is 5. The predicted octanol–water partition coefficient (Wildman–Crippen LogP) is 2.44. The molecule has 1 amide bonds. The van der Waals surface area contributed by atoms with Gasteiger partial charge in [0.2, 0.25) is 12.2 Å². The number of nitrogens with one attached hydrogen (secondary N) is 1. The van der Waals surface area contributed by atoms with E-state index in [1.54, 1.807) is 31.2 Å². The molecule has 6 nitrogen and oxygen atoms in total. The second kappa shape index (κ2) is 6.31. The zero-order valence-electron chi connectivity index (χ0n) is 12.4. The van der Waals surface area contributed by atoms with E-state index in [2.05, 4.69) is 15.5 Å². The van der Waals surface area contributed by atoms with Gasteiger partial charge in [-0.2, -0.15) is 4.98 Å². The maximum absolute atomic E-state index is 12.2. The van der Waals surface area contributed by atoms with Crippen LogP contribution in [0.2, 0.25) is 0 Å². The molecule has 0 aliphatic rings. The summed E-state index contributed by atoms with van der Waals surface area (Å²) >= 11 is 1.45. The van der Waals surface area contributed by atoms with E-state index in [4.69, 9.17) is 4.52 Å². The van der Waals surface area contributed by atoms with Gasteiger partial charge >= 0.3 is 0 Å². The van der Waals surface area contributed by atoms with Gasteiger partial charge in [-0.1, -0.05) is 23.4 Å². The first-order chi connectivity index (χ1) is 11.1. The second-order valence-electron chi connectivity index (χ2n) is 5.27. The van der Waals surface area contributed by atoms with Crippen molar-refractivity contribution in [2.45, 2.75) is 12.5 Å². The summed E-state index contributed by atoms with van der Waals surface area (Å²) in [5.41, 5.74) is 0.175. The molecule has 3 aromatic rings. The fourth-order valence-corrected chi connectivity index (χ4v) is 2.88. The Hall–Kier alpha value is -2.51. The number of thiophene rings is 1. The van der Waals surface area contributed by atoms with E-state index in [0.29, 0.717) is 11.4 Å². The zero-order valence-corrected chi connectivity index (χ0v) is 13.2. The molecular weight excluding hydrogens is 314 g/mol. The Kier molecular flexibility index (Phi) is 4.22. The first kappa shape index (κ1) is 15.4. The third-order valence-electron chi connectivity index (χ3n) is 3.41. The number of benzene rings is 1. The second-order valence-corrected chi connectivity index (χ2v) is 6.21. The maximum atomic E-state index is 12.2. The summed E-state index contributed by atoms with van der Waals surface area (Å²) in [7, 11) is 0. The van der Waals surface area contributed by atoms with Crippen molar-refractivity contribution in [1.82, 2.24) is 15.5 Å². The van der Waals surface area contributed by atoms with Gasteiger partial charge < -0.3 is 14.9 Å². The fraction of sp³-hybridized carbons (Fsp3) is 0.188. The average molecular weight is 329 g/mol. The highest BCUT2D eigenvalue weighted by atomic mass is 32.1. The highest BCUT2D eigenvalue weighted by Gasteiger charge is 2.25. The van der Waals surface area contributed by atoms with Crippen molar-refractivity contribution in [3.63, 3.8) is 0 Å². The molecule has 1 aromatic carbocycles. The lowest BCUT2D eigenvalue weighted by Gasteiger charge is -2.22. The van der Waals surface area contributed by atoms with Crippen LogP contribution in [0, 0.1) is 0 Å². The standard InChI is InChI=1S/C16H15N3O3S/c1-16(21,13-3-2-8-23-13)9-17-15(20)12-6-4-11(5-7-12)14-18-10-22-19-14/h2-8,10,21H,9H2,1H3,(H,17,20). The van der Waals surface area contributed by atoms with E-state index in [-0.39, 0.29) is 12.5 Å². The highest BCUT2D eigenvalue weighted by molar-refractivity contribution is 7.10. The number of aromatic nitrogens is 2. The molecule has 0 aliphatic heterocycles. The monoisotopic (exact) mass is 329 g/mol. The van der Waals surface area contributed by atoms with Crippen LogP contribution in [0.4, 0.5) is 0 Å². The lowest BCUT2D eigenvalue weighted by molar-refractivity contribution is 0.0557. The molecular formula is C16H15N3O3S. The third kappa shape index (κ3) is 3.46. The quantitative estimate of drug-likeness (QED) is 0.750. The summed E-state index contributed by atoms with van der Waals surface area (Å²) in [4.78, 5) is 16.9. The molecule has 1 unspecified atom stereocenters. The van der Waals surface area contributed by atoms with E-state index in [1.807, 2.05) is 17.5 Å². The van der Waals surface area contributed by atoms with E-state index in [9.17, 15) is 9.90 Å². The van der Waals surface area contributed by atoms with Crippen LogP contribution in [-0.2, 0) is 5.60 Å². The van der Waals surface area contributed by atoms with Crippen LogP contribution in [-0.4, -0.2) is 27.7 Å². The first-order valence-corrected chi connectivity index (χ1v) is 7.85. The van der Waals surface area contributed by atoms with E-state index < -0.39 is 5.60 Å². The zero-order chi connectivity index (χ0) is 16.3. The normalized spacial score (nSPS) is 13.5. The molecule has 0 radical (unpaired) electrons. The molecule has 2 heterocycles. The molecule has 23 heavy (non-hydrogen) atoms. The van der Waals surface area contributed by atoms with Gasteiger partial charge in [0, 0.05) is 16.0 Å². The maximum Gasteiger partial charge on any atom is 0.251 e. The van der Waals surface area contributed by atoms with E-state index in [1.165, 1.54) is 17.7 Å². The summed E-state index contributed by atoms with van der Waals surface area (Å²) in [6.07, 6.45) is 1.25. The molecule has 0 bridgehead atoms. The first-order valence-electron chi connectivity index (χ1n) is 6.98. The number of amides is 1. The predicted molar refractivity (Wildman–Crippen MR) is 86.0 cm³/mol. The summed E-state index contributed by atoms with van der Waals surface area (Å²) in [6, 6.07) is 10.6. The minimum atomic E-state index is -1.09. The molecule has 2 aromatic heterocycles. The molecule has 0 fully saturated rings. The smallest absolute Gasteiger partial charge is 0.251 e.